The van der Waals surface area contributed by atoms with Crippen LogP contribution in [0, 0.1) is 0 Å². The summed E-state index contributed by atoms with van der Waals surface area (Å²) in [5, 5.41) is 2.05. The first-order chi connectivity index (χ1) is 13.2. The predicted molar refractivity (Wildman–Crippen MR) is 94.1 cm³/mol. The first kappa shape index (κ1) is 21.3. The van der Waals surface area contributed by atoms with Crippen LogP contribution in [0.15, 0.2) is 53.4 Å². The maximum absolute atomic E-state index is 12.3. The monoisotopic (exact) mass is 413 g/mol. The molecule has 2 amide bonds. The van der Waals surface area contributed by atoms with Gasteiger partial charge in [-0.15, -0.1) is 0 Å². The van der Waals surface area contributed by atoms with E-state index in [0.717, 1.165) is 24.3 Å². The lowest BCUT2D eigenvalue weighted by Gasteiger charge is -2.09. The van der Waals surface area contributed by atoms with E-state index in [2.05, 4.69) is 0 Å². The molecule has 0 fully saturated rings. The van der Waals surface area contributed by atoms with Crippen LogP contribution in [0.25, 0.3) is 0 Å². The van der Waals surface area contributed by atoms with Crippen LogP contribution in [0.3, 0.4) is 0 Å². The molecule has 0 spiro atoms. The Kier molecular flexibility index (Phi) is 7.05. The van der Waals surface area contributed by atoms with Gasteiger partial charge in [-0.05, 0) is 48.2 Å². The number of ether oxygens (including phenoxy) is 2. The van der Waals surface area contributed by atoms with Crippen molar-refractivity contribution in [3.8, 4) is 5.75 Å². The number of benzene rings is 2. The molecule has 0 bridgehead atoms. The van der Waals surface area contributed by atoms with Gasteiger partial charge in [0.25, 0.3) is 11.8 Å². The Labute approximate surface area is 162 Å². The number of carbonyl (C=O) groups excluding carboxylic acids is 3. The van der Waals surface area contributed by atoms with E-state index >= 15 is 0 Å². The number of imide groups is 1. The van der Waals surface area contributed by atoms with E-state index in [0.29, 0.717) is 0 Å². The Morgan fingerprint density at radius 3 is 2.29 bits per heavy atom. The molecule has 0 saturated heterocycles. The van der Waals surface area contributed by atoms with E-state index in [1.165, 1.54) is 13.2 Å². The van der Waals surface area contributed by atoms with Crippen molar-refractivity contribution in [2.75, 3.05) is 13.7 Å². The summed E-state index contributed by atoms with van der Waals surface area (Å²) >= 11 is -0.317. The molecule has 0 aliphatic carbocycles. The summed E-state index contributed by atoms with van der Waals surface area (Å²) in [5.74, 6) is -2.24. The summed E-state index contributed by atoms with van der Waals surface area (Å²) in [7, 11) is 1.37. The van der Waals surface area contributed by atoms with Gasteiger partial charge < -0.3 is 9.47 Å². The average molecular weight is 413 g/mol. The van der Waals surface area contributed by atoms with Crippen molar-refractivity contribution >= 4 is 29.5 Å². The fourth-order valence-corrected chi connectivity index (χ4v) is 2.61. The van der Waals surface area contributed by atoms with E-state index in [4.69, 9.17) is 9.47 Å². The van der Waals surface area contributed by atoms with Crippen LogP contribution in [0.4, 0.5) is 13.2 Å². The average Bonchev–Trinajstić information content (AvgIpc) is 2.65. The smallest absolute Gasteiger partial charge is 0.446 e. The maximum Gasteiger partial charge on any atom is 0.446 e. The van der Waals surface area contributed by atoms with E-state index in [1.807, 2.05) is 5.32 Å². The quantitative estimate of drug-likeness (QED) is 0.577. The number of esters is 1. The highest BCUT2D eigenvalue weighted by Crippen LogP contribution is 2.36. The van der Waals surface area contributed by atoms with E-state index in [1.54, 1.807) is 18.2 Å². The normalized spacial score (nSPS) is 10.9. The molecule has 0 aliphatic heterocycles. The van der Waals surface area contributed by atoms with E-state index in [9.17, 15) is 27.6 Å². The molecule has 0 heterocycles. The molecule has 2 rings (SSSR count). The third-order valence-corrected chi connectivity index (χ3v) is 4.00. The van der Waals surface area contributed by atoms with Crippen molar-refractivity contribution < 1.29 is 37.0 Å². The number of amides is 2. The van der Waals surface area contributed by atoms with Crippen molar-refractivity contribution in [3.63, 3.8) is 0 Å². The van der Waals surface area contributed by atoms with Crippen LogP contribution >= 0.6 is 11.8 Å². The second-order valence-electron chi connectivity index (χ2n) is 5.23. The summed E-state index contributed by atoms with van der Waals surface area (Å²) in [6.07, 6.45) is 0. The van der Waals surface area contributed by atoms with Crippen LogP contribution in [0.2, 0.25) is 0 Å². The second-order valence-corrected chi connectivity index (χ2v) is 6.36. The molecule has 0 aliphatic rings. The number of nitrogens with one attached hydrogen (secondary N) is 1. The standard InChI is InChI=1S/C18H14F3NO5S/c1-26-14-5-3-2-4-13(14)16(24)22-15(23)10-27-17(25)11-6-8-12(9-7-11)28-18(19,20)21/h2-9H,10H2,1H3,(H,22,23,24). The third kappa shape index (κ3) is 6.31. The Hall–Kier alpha value is -3.01. The van der Waals surface area contributed by atoms with Crippen LogP contribution in [0.5, 0.6) is 5.75 Å². The van der Waals surface area contributed by atoms with Gasteiger partial charge in [-0.2, -0.15) is 13.2 Å². The Morgan fingerprint density at radius 2 is 1.68 bits per heavy atom. The molecule has 0 atom stereocenters. The van der Waals surface area contributed by atoms with Crippen molar-refractivity contribution in [1.29, 1.82) is 0 Å². The zero-order valence-electron chi connectivity index (χ0n) is 14.4. The number of methoxy groups -OCH3 is 1. The van der Waals surface area contributed by atoms with Crippen LogP contribution in [-0.2, 0) is 9.53 Å². The first-order valence-electron chi connectivity index (χ1n) is 7.70. The van der Waals surface area contributed by atoms with Gasteiger partial charge in [0.2, 0.25) is 0 Å². The molecule has 10 heteroatoms. The summed E-state index contributed by atoms with van der Waals surface area (Å²) in [6.45, 7) is -0.737. The number of hydrogen-bond donors (Lipinski definition) is 1. The SMILES string of the molecule is COc1ccccc1C(=O)NC(=O)COC(=O)c1ccc(SC(F)(F)F)cc1. The van der Waals surface area contributed by atoms with Gasteiger partial charge in [-0.1, -0.05) is 12.1 Å². The fraction of sp³-hybridized carbons (Fsp3) is 0.167. The van der Waals surface area contributed by atoms with Gasteiger partial charge in [-0.25, -0.2) is 4.79 Å². The number of thioether (sulfide) groups is 1. The number of carbonyl (C=O) groups is 3. The lowest BCUT2D eigenvalue weighted by molar-refractivity contribution is -0.123. The van der Waals surface area contributed by atoms with Gasteiger partial charge in [0, 0.05) is 4.90 Å². The molecule has 0 aromatic heterocycles. The van der Waals surface area contributed by atoms with E-state index < -0.39 is 29.9 Å². The lowest BCUT2D eigenvalue weighted by atomic mass is 10.2. The fourth-order valence-electron chi connectivity index (χ4n) is 2.07. The zero-order chi connectivity index (χ0) is 20.7. The van der Waals surface area contributed by atoms with Gasteiger partial charge in [0.05, 0.1) is 18.2 Å². The highest BCUT2D eigenvalue weighted by molar-refractivity contribution is 8.00. The topological polar surface area (TPSA) is 81.7 Å². The molecule has 0 saturated carbocycles. The van der Waals surface area contributed by atoms with Crippen molar-refractivity contribution in [2.45, 2.75) is 10.4 Å². The van der Waals surface area contributed by atoms with Gasteiger partial charge in [0.1, 0.15) is 5.75 Å². The molecule has 1 N–H and O–H groups in total. The minimum absolute atomic E-state index is 0.0321. The highest BCUT2D eigenvalue weighted by atomic mass is 32.2. The molecule has 28 heavy (non-hydrogen) atoms. The molecular weight excluding hydrogens is 399 g/mol. The van der Waals surface area contributed by atoms with Gasteiger partial charge in [0.15, 0.2) is 6.61 Å². The summed E-state index contributed by atoms with van der Waals surface area (Å²) in [6, 6.07) is 10.7. The molecule has 0 unspecified atom stereocenters. The minimum Gasteiger partial charge on any atom is -0.496 e. The molecule has 0 radical (unpaired) electrons. The van der Waals surface area contributed by atoms with Crippen LogP contribution < -0.4 is 10.1 Å². The molecule has 2 aromatic rings. The Morgan fingerprint density at radius 1 is 1.04 bits per heavy atom. The number of hydrogen-bond acceptors (Lipinski definition) is 6. The van der Waals surface area contributed by atoms with Gasteiger partial charge >= 0.3 is 11.5 Å². The number of para-hydroxylation sites is 1. The minimum atomic E-state index is -4.44. The molecular formula is C18H14F3NO5S. The van der Waals surface area contributed by atoms with Crippen LogP contribution in [0.1, 0.15) is 20.7 Å². The summed E-state index contributed by atoms with van der Waals surface area (Å²) < 4.78 is 46.6. The number of halogens is 3. The predicted octanol–water partition coefficient (Wildman–Crippen LogP) is 3.42. The number of alkyl halides is 3. The van der Waals surface area contributed by atoms with Crippen molar-refractivity contribution in [3.05, 3.63) is 59.7 Å². The molecule has 148 valence electrons. The second kappa shape index (κ2) is 9.27. The number of rotatable bonds is 6. The third-order valence-electron chi connectivity index (χ3n) is 3.26. The maximum atomic E-state index is 12.3. The van der Waals surface area contributed by atoms with Gasteiger partial charge in [-0.3, -0.25) is 14.9 Å². The Bertz CT molecular complexity index is 868. The lowest BCUT2D eigenvalue weighted by Crippen LogP contribution is -2.34. The summed E-state index contributed by atoms with van der Waals surface area (Å²) in [5.41, 5.74) is -4.34. The molecule has 6 nitrogen and oxygen atoms in total. The molecule has 2 aromatic carbocycles. The Balaban J connectivity index is 1.88. The van der Waals surface area contributed by atoms with Crippen molar-refractivity contribution in [1.82, 2.24) is 5.32 Å². The first-order valence-corrected chi connectivity index (χ1v) is 8.51. The van der Waals surface area contributed by atoms with Crippen molar-refractivity contribution in [2.24, 2.45) is 0 Å². The summed E-state index contributed by atoms with van der Waals surface area (Å²) in [4.78, 5) is 35.6. The zero-order valence-corrected chi connectivity index (χ0v) is 15.2. The van der Waals surface area contributed by atoms with Crippen LogP contribution in [-0.4, -0.2) is 37.0 Å². The highest BCUT2D eigenvalue weighted by Gasteiger charge is 2.29. The van der Waals surface area contributed by atoms with E-state index in [-0.39, 0.29) is 33.5 Å². The largest absolute Gasteiger partial charge is 0.496 e.